The Morgan fingerprint density at radius 1 is 0.352 bits per heavy atom. The summed E-state index contributed by atoms with van der Waals surface area (Å²) < 4.78 is 11.3. The third kappa shape index (κ3) is 55.7. The molecule has 0 saturated heterocycles. The minimum atomic E-state index is -0.699. The molecule has 0 unspecified atom stereocenters. The number of hydrogen-bond acceptors (Lipinski definition) is 8. The van der Waals surface area contributed by atoms with Crippen LogP contribution in [-0.4, -0.2) is 97.0 Å². The van der Waals surface area contributed by atoms with E-state index in [0.29, 0.717) is 38.4 Å². The lowest BCUT2D eigenvalue weighted by Crippen LogP contribution is -2.33. The van der Waals surface area contributed by atoms with Crippen molar-refractivity contribution < 1.29 is 34.1 Å². The molecule has 0 aromatic carbocycles. The van der Waals surface area contributed by atoms with Crippen LogP contribution in [0.1, 0.15) is 316 Å². The van der Waals surface area contributed by atoms with E-state index in [-0.39, 0.29) is 19.0 Å². The van der Waals surface area contributed by atoms with Gasteiger partial charge >= 0.3 is 11.9 Å². The number of carboxylic acid groups (broad SMARTS) is 1. The lowest BCUT2D eigenvalue weighted by molar-refractivity contribution is -0.144. The molecule has 0 aromatic heterocycles. The molecule has 0 fully saturated rings. The molecule has 0 bridgehead atoms. The van der Waals surface area contributed by atoms with Gasteiger partial charge in [0.25, 0.3) is 0 Å². The molecule has 0 spiro atoms. The number of carbonyl (C=O) groups is 2. The Morgan fingerprint density at radius 2 is 0.648 bits per heavy atom. The SMILES string of the molecule is CCCCCCCCCCCCCCCCCCCCCOC(=O)CCCCCCCN(CCCCCCCC(=O)O)CCCN(CCO)CCCCCCCC(=C=O)OCCCCCCCCCCC. The third-order valence-corrected chi connectivity index (χ3v) is 14.6. The van der Waals surface area contributed by atoms with E-state index in [4.69, 9.17) is 14.6 Å². The maximum absolute atomic E-state index is 12.3. The normalized spacial score (nSPS) is 11.5. The van der Waals surface area contributed by atoms with Gasteiger partial charge in [-0.15, -0.1) is 0 Å². The van der Waals surface area contributed by atoms with Crippen molar-refractivity contribution in [1.29, 1.82) is 0 Å². The molecule has 0 heterocycles. The molecule has 9 heteroatoms. The number of hydrogen-bond donors (Lipinski definition) is 2. The molecule has 0 saturated carbocycles. The van der Waals surface area contributed by atoms with Crippen molar-refractivity contribution in [2.75, 3.05) is 59.1 Å². The number of aliphatic hydroxyl groups excluding tert-OH is 1. The van der Waals surface area contributed by atoms with E-state index in [1.165, 1.54) is 173 Å². The van der Waals surface area contributed by atoms with E-state index in [1.54, 1.807) is 0 Å². The lowest BCUT2D eigenvalue weighted by Gasteiger charge is -2.26. The molecule has 9 nitrogen and oxygen atoms in total. The number of rotatable bonds is 61. The molecule has 0 rings (SSSR count). The van der Waals surface area contributed by atoms with Crippen LogP contribution in [0.2, 0.25) is 0 Å². The number of aliphatic hydroxyl groups is 1. The number of nitrogens with zero attached hydrogens (tertiary/aromatic N) is 2. The zero-order valence-corrected chi connectivity index (χ0v) is 47.4. The van der Waals surface area contributed by atoms with Gasteiger partial charge in [0.15, 0.2) is 11.7 Å². The molecule has 0 aliphatic heterocycles. The van der Waals surface area contributed by atoms with Crippen molar-refractivity contribution in [3.63, 3.8) is 0 Å². The Kier molecular flexibility index (Phi) is 57.4. The molecule has 0 radical (unpaired) electrons. The van der Waals surface area contributed by atoms with Crippen LogP contribution < -0.4 is 0 Å². The van der Waals surface area contributed by atoms with Crippen LogP contribution in [0.25, 0.3) is 0 Å². The predicted molar refractivity (Wildman–Crippen MR) is 302 cm³/mol. The van der Waals surface area contributed by atoms with Crippen LogP contribution >= 0.6 is 0 Å². The first-order chi connectivity index (χ1) is 35.0. The van der Waals surface area contributed by atoms with Crippen LogP contribution in [0.15, 0.2) is 5.76 Å². The maximum atomic E-state index is 12.3. The average molecular weight is 1010 g/mol. The van der Waals surface area contributed by atoms with E-state index < -0.39 is 5.97 Å². The molecule has 0 atom stereocenters. The molecule has 0 aliphatic carbocycles. The molecule has 2 N–H and O–H groups in total. The van der Waals surface area contributed by atoms with Gasteiger partial charge in [-0.1, -0.05) is 239 Å². The summed E-state index contributed by atoms with van der Waals surface area (Å²) in [6.07, 6.45) is 56.1. The largest absolute Gasteiger partial charge is 0.487 e. The van der Waals surface area contributed by atoms with E-state index in [2.05, 4.69) is 23.6 Å². The topological polar surface area (TPSA) is 117 Å². The second-order valence-electron chi connectivity index (χ2n) is 21.5. The first-order valence-electron chi connectivity index (χ1n) is 31.3. The van der Waals surface area contributed by atoms with Gasteiger partial charge in [0, 0.05) is 25.8 Å². The first kappa shape index (κ1) is 69.1. The summed E-state index contributed by atoms with van der Waals surface area (Å²) in [7, 11) is 0. The Hall–Kier alpha value is -1.93. The number of esters is 1. The van der Waals surface area contributed by atoms with Crippen molar-refractivity contribution in [2.24, 2.45) is 0 Å². The molecule has 71 heavy (non-hydrogen) atoms. The monoisotopic (exact) mass is 1000 g/mol. The fourth-order valence-electron chi connectivity index (χ4n) is 9.96. The van der Waals surface area contributed by atoms with Gasteiger partial charge in [0.2, 0.25) is 0 Å². The van der Waals surface area contributed by atoms with Gasteiger partial charge in [-0.25, -0.2) is 4.79 Å². The van der Waals surface area contributed by atoms with Gasteiger partial charge in [-0.05, 0) is 90.5 Å². The molecular weight excluding hydrogens is 885 g/mol. The molecule has 0 amide bonds. The Labute approximate surface area is 440 Å². The highest BCUT2D eigenvalue weighted by Crippen LogP contribution is 2.17. The fraction of sp³-hybridized carbons (Fsp3) is 0.935. The van der Waals surface area contributed by atoms with Crippen LogP contribution in [0.4, 0.5) is 0 Å². The number of unbranched alkanes of at least 4 members (excludes halogenated alkanes) is 38. The highest BCUT2D eigenvalue weighted by atomic mass is 16.5. The summed E-state index contributed by atoms with van der Waals surface area (Å²) in [4.78, 5) is 39.7. The number of aliphatic carboxylic acids is 1. The summed E-state index contributed by atoms with van der Waals surface area (Å²) in [5.74, 6) is 1.81. The summed E-state index contributed by atoms with van der Waals surface area (Å²) in [6, 6.07) is 0. The number of carboxylic acids is 1. The number of carbonyl (C=O) groups excluding carboxylic acids is 2. The van der Waals surface area contributed by atoms with Crippen molar-refractivity contribution >= 4 is 17.9 Å². The van der Waals surface area contributed by atoms with E-state index in [0.717, 1.165) is 142 Å². The van der Waals surface area contributed by atoms with E-state index >= 15 is 0 Å². The highest BCUT2D eigenvalue weighted by Gasteiger charge is 2.10. The predicted octanol–water partition coefficient (Wildman–Crippen LogP) is 17.3. The summed E-state index contributed by atoms with van der Waals surface area (Å²) in [5.41, 5.74) is 0. The van der Waals surface area contributed by atoms with E-state index in [1.807, 2.05) is 5.94 Å². The number of allylic oxidation sites excluding steroid dienone is 1. The van der Waals surface area contributed by atoms with Gasteiger partial charge < -0.3 is 29.5 Å². The summed E-state index contributed by atoms with van der Waals surface area (Å²) >= 11 is 0. The Bertz CT molecular complexity index is 1150. The van der Waals surface area contributed by atoms with Gasteiger partial charge in [-0.2, -0.15) is 0 Å². The Balaban J connectivity index is 4.13. The van der Waals surface area contributed by atoms with E-state index in [9.17, 15) is 19.5 Å². The standard InChI is InChI=1S/C62H120N2O7/c1-3-5-7-9-11-13-14-15-16-17-18-19-20-21-22-24-26-37-45-58-71-62(69)49-40-32-29-35-42-51-63(50-41-34-28-31-39-48-61(67)68)53-46-54-64(55-56-65)52-43-33-27-30-38-47-60(59-66)70-57-44-36-25-23-12-10-8-6-4-2/h65H,3-58H2,1-2H3,(H,67,68). The van der Waals surface area contributed by atoms with Gasteiger partial charge in [-0.3, -0.25) is 9.59 Å². The molecular formula is C62H120N2O7. The average Bonchev–Trinajstić information content (AvgIpc) is 3.36. The van der Waals surface area contributed by atoms with Crippen molar-refractivity contribution in [1.82, 2.24) is 9.80 Å². The lowest BCUT2D eigenvalue weighted by atomic mass is 10.0. The second-order valence-corrected chi connectivity index (χ2v) is 21.5. The minimum Gasteiger partial charge on any atom is -0.487 e. The zero-order chi connectivity index (χ0) is 51.6. The molecule has 0 aromatic rings. The molecule has 420 valence electrons. The van der Waals surface area contributed by atoms with Crippen molar-refractivity contribution in [3.8, 4) is 0 Å². The van der Waals surface area contributed by atoms with Crippen LogP contribution in [-0.2, 0) is 23.9 Å². The quantitative estimate of drug-likeness (QED) is 0.0266. The maximum Gasteiger partial charge on any atom is 0.305 e. The third-order valence-electron chi connectivity index (χ3n) is 14.6. The fourth-order valence-corrected chi connectivity index (χ4v) is 9.96. The highest BCUT2D eigenvalue weighted by molar-refractivity contribution is 5.69. The summed E-state index contributed by atoms with van der Waals surface area (Å²) in [6.45, 7) is 11.9. The zero-order valence-electron chi connectivity index (χ0n) is 47.4. The van der Waals surface area contributed by atoms with Crippen molar-refractivity contribution in [2.45, 2.75) is 316 Å². The first-order valence-corrected chi connectivity index (χ1v) is 31.3. The van der Waals surface area contributed by atoms with Gasteiger partial charge in [0.05, 0.1) is 19.8 Å². The van der Waals surface area contributed by atoms with Crippen molar-refractivity contribution in [3.05, 3.63) is 5.76 Å². The summed E-state index contributed by atoms with van der Waals surface area (Å²) in [5, 5.41) is 18.8. The minimum absolute atomic E-state index is 0.0283. The Morgan fingerprint density at radius 3 is 1.01 bits per heavy atom. The van der Waals surface area contributed by atoms with Crippen LogP contribution in [0.5, 0.6) is 0 Å². The van der Waals surface area contributed by atoms with Gasteiger partial charge in [0.1, 0.15) is 0 Å². The molecule has 0 aliphatic rings. The van der Waals surface area contributed by atoms with Crippen LogP contribution in [0, 0.1) is 0 Å². The van der Waals surface area contributed by atoms with Crippen LogP contribution in [0.3, 0.4) is 0 Å². The second kappa shape index (κ2) is 59.0. The number of ether oxygens (including phenoxy) is 2. The smallest absolute Gasteiger partial charge is 0.305 e.